The average molecular weight is 453 g/mol. The second kappa shape index (κ2) is 11.8. The van der Waals surface area contributed by atoms with E-state index in [9.17, 15) is 19.4 Å². The Morgan fingerprint density at radius 3 is 2.64 bits per heavy atom. The first-order chi connectivity index (χ1) is 16.0. The van der Waals surface area contributed by atoms with Crippen molar-refractivity contribution in [1.29, 1.82) is 0 Å². The second-order valence-corrected chi connectivity index (χ2v) is 7.49. The van der Waals surface area contributed by atoms with E-state index in [0.717, 1.165) is 25.7 Å². The minimum Gasteiger partial charge on any atom is -0.811 e. The van der Waals surface area contributed by atoms with Gasteiger partial charge in [-0.05, 0) is 36.4 Å². The van der Waals surface area contributed by atoms with Crippen molar-refractivity contribution < 1.29 is 18.7 Å². The van der Waals surface area contributed by atoms with Gasteiger partial charge >= 0.3 is 0 Å². The Labute approximate surface area is 192 Å². The lowest BCUT2D eigenvalue weighted by atomic mass is 10.1. The highest BCUT2D eigenvalue weighted by molar-refractivity contribution is 6.04. The van der Waals surface area contributed by atoms with Crippen LogP contribution in [0.2, 0.25) is 0 Å². The zero-order valence-corrected chi connectivity index (χ0v) is 18.5. The van der Waals surface area contributed by atoms with E-state index in [0.29, 0.717) is 48.9 Å². The van der Waals surface area contributed by atoms with E-state index in [-0.39, 0.29) is 5.56 Å². The predicted molar refractivity (Wildman–Crippen MR) is 127 cm³/mol. The number of halogens is 1. The van der Waals surface area contributed by atoms with Gasteiger partial charge < -0.3 is 25.7 Å². The highest BCUT2D eigenvalue weighted by Crippen LogP contribution is 2.28. The molecule has 0 aliphatic carbocycles. The molecule has 0 radical (unpaired) electrons. The number of hydrogen-bond acceptors (Lipinski definition) is 5. The van der Waals surface area contributed by atoms with Crippen molar-refractivity contribution in [3.05, 3.63) is 70.9 Å². The molecule has 0 saturated carbocycles. The molecular weight excluding hydrogens is 425 g/mol. The number of rotatable bonds is 10. The van der Waals surface area contributed by atoms with Gasteiger partial charge in [0, 0.05) is 62.3 Å². The first-order valence-corrected chi connectivity index (χ1v) is 10.7. The standard InChI is InChI=1S/C24H27FN5O3/c1-27-22(7-8-26)21-16-20(28-24(32)18-3-2-4-19(25)15-18)5-6-23(21)33-14-13-29-9-11-30(17-31)12-10-29/h2-8,15-17,27H,9-14H2,1H3,(H,28,32)/q-1/b22-7-. The molecule has 2 N–H and O–H groups in total. The van der Waals surface area contributed by atoms with E-state index in [1.54, 1.807) is 30.1 Å². The maximum atomic E-state index is 13.4. The number of nitrogens with one attached hydrogen (secondary N) is 2. The van der Waals surface area contributed by atoms with E-state index in [1.807, 2.05) is 0 Å². The van der Waals surface area contributed by atoms with Crippen LogP contribution in [0, 0.1) is 5.82 Å². The summed E-state index contributed by atoms with van der Waals surface area (Å²) in [6.45, 7) is 4.13. The molecule has 0 aromatic heterocycles. The quantitative estimate of drug-likeness (QED) is 0.426. The van der Waals surface area contributed by atoms with Gasteiger partial charge in [0.05, 0.1) is 0 Å². The summed E-state index contributed by atoms with van der Waals surface area (Å²) < 4.78 is 19.5. The third kappa shape index (κ3) is 6.63. The van der Waals surface area contributed by atoms with Crippen LogP contribution >= 0.6 is 0 Å². The molecule has 1 aliphatic heterocycles. The molecule has 1 aliphatic rings. The average Bonchev–Trinajstić information content (AvgIpc) is 2.83. The lowest BCUT2D eigenvalue weighted by molar-refractivity contribution is -0.119. The summed E-state index contributed by atoms with van der Waals surface area (Å²) in [4.78, 5) is 27.3. The van der Waals surface area contributed by atoms with E-state index >= 15 is 0 Å². The van der Waals surface area contributed by atoms with Gasteiger partial charge in [-0.3, -0.25) is 14.5 Å². The van der Waals surface area contributed by atoms with Crippen molar-refractivity contribution in [2.45, 2.75) is 0 Å². The van der Waals surface area contributed by atoms with Gasteiger partial charge in [-0.2, -0.15) is 6.21 Å². The predicted octanol–water partition coefficient (Wildman–Crippen LogP) is 2.43. The largest absolute Gasteiger partial charge is 0.811 e. The molecule has 0 spiro atoms. The van der Waals surface area contributed by atoms with E-state index in [2.05, 4.69) is 15.5 Å². The molecule has 0 atom stereocenters. The highest BCUT2D eigenvalue weighted by atomic mass is 19.1. The fourth-order valence-corrected chi connectivity index (χ4v) is 3.54. The summed E-state index contributed by atoms with van der Waals surface area (Å²) in [5, 5.41) is 15.0. The van der Waals surface area contributed by atoms with Crippen LogP contribution in [0.4, 0.5) is 10.1 Å². The molecule has 3 rings (SSSR count). The smallest absolute Gasteiger partial charge is 0.255 e. The summed E-state index contributed by atoms with van der Waals surface area (Å²) in [7, 11) is 1.71. The molecular formula is C24H27FN5O3-. The van der Waals surface area contributed by atoms with Gasteiger partial charge in [0.25, 0.3) is 5.91 Å². The first-order valence-electron chi connectivity index (χ1n) is 10.7. The Bertz CT molecular complexity index is 1020. The van der Waals surface area contributed by atoms with E-state index < -0.39 is 11.7 Å². The number of piperazine rings is 1. The molecule has 1 fully saturated rings. The fraction of sp³-hybridized carbons (Fsp3) is 0.292. The number of anilines is 1. The van der Waals surface area contributed by atoms with Crippen LogP contribution in [-0.2, 0) is 4.79 Å². The number of benzene rings is 2. The Kier molecular flexibility index (Phi) is 8.54. The Morgan fingerprint density at radius 2 is 1.97 bits per heavy atom. The number of nitrogens with zero attached hydrogens (tertiary/aromatic N) is 3. The minimum absolute atomic E-state index is 0.208. The summed E-state index contributed by atoms with van der Waals surface area (Å²) in [6, 6.07) is 10.6. The van der Waals surface area contributed by atoms with E-state index in [1.165, 1.54) is 30.3 Å². The van der Waals surface area contributed by atoms with Crippen molar-refractivity contribution in [3.8, 4) is 5.75 Å². The lowest BCUT2D eigenvalue weighted by Gasteiger charge is -2.32. The molecule has 9 heteroatoms. The second-order valence-electron chi connectivity index (χ2n) is 7.49. The van der Waals surface area contributed by atoms with Crippen LogP contribution in [0.25, 0.3) is 11.1 Å². The number of amides is 2. The van der Waals surface area contributed by atoms with Gasteiger partial charge in [0.15, 0.2) is 0 Å². The van der Waals surface area contributed by atoms with Crippen molar-refractivity contribution in [2.24, 2.45) is 0 Å². The van der Waals surface area contributed by atoms with Gasteiger partial charge in [0.2, 0.25) is 6.41 Å². The third-order valence-corrected chi connectivity index (χ3v) is 5.35. The summed E-state index contributed by atoms with van der Waals surface area (Å²) >= 11 is 0. The Hall–Kier alpha value is -3.72. The zero-order valence-electron chi connectivity index (χ0n) is 18.5. The number of carbonyl (C=O) groups is 2. The summed E-state index contributed by atoms with van der Waals surface area (Å²) in [5.74, 6) is -0.349. The normalized spacial score (nSPS) is 14.5. The highest BCUT2D eigenvalue weighted by Gasteiger charge is 2.16. The molecule has 2 aromatic carbocycles. The van der Waals surface area contributed by atoms with Crippen LogP contribution < -0.4 is 15.4 Å². The SMILES string of the molecule is CN/C(=C\C=[N-])c1cc(NC(=O)c2cccc(F)c2)ccc1OCCN1CCN(C=O)CC1. The summed E-state index contributed by atoms with van der Waals surface area (Å²) in [6.07, 6.45) is 3.28. The Balaban J connectivity index is 1.72. The molecule has 2 amide bonds. The number of allylic oxidation sites excluding steroid dienone is 1. The van der Waals surface area contributed by atoms with Crippen LogP contribution in [-0.4, -0.2) is 74.7 Å². The third-order valence-electron chi connectivity index (χ3n) is 5.35. The molecule has 1 saturated heterocycles. The van der Waals surface area contributed by atoms with E-state index in [4.69, 9.17) is 4.74 Å². The van der Waals surface area contributed by atoms with Crippen LogP contribution in [0.15, 0.2) is 48.5 Å². The maximum absolute atomic E-state index is 13.4. The van der Waals surface area contributed by atoms with Crippen LogP contribution in [0.5, 0.6) is 5.75 Å². The monoisotopic (exact) mass is 452 g/mol. The van der Waals surface area contributed by atoms with Gasteiger partial charge in [-0.15, -0.1) is 0 Å². The zero-order chi connectivity index (χ0) is 23.6. The molecule has 33 heavy (non-hydrogen) atoms. The van der Waals surface area contributed by atoms with Crippen molar-refractivity contribution >= 4 is 29.9 Å². The number of hydrogen-bond donors (Lipinski definition) is 2. The lowest BCUT2D eigenvalue weighted by Crippen LogP contribution is -2.46. The molecule has 8 nitrogen and oxygen atoms in total. The fourth-order valence-electron chi connectivity index (χ4n) is 3.54. The topological polar surface area (TPSA) is 96.2 Å². The van der Waals surface area contributed by atoms with Crippen molar-refractivity contribution in [1.82, 2.24) is 15.1 Å². The van der Waals surface area contributed by atoms with Gasteiger partial charge in [-0.25, -0.2) is 4.39 Å². The summed E-state index contributed by atoms with van der Waals surface area (Å²) in [5.41, 5.74) is 1.94. The minimum atomic E-state index is -0.487. The molecule has 2 aromatic rings. The molecule has 1 heterocycles. The Morgan fingerprint density at radius 1 is 1.18 bits per heavy atom. The van der Waals surface area contributed by atoms with Crippen molar-refractivity contribution in [2.75, 3.05) is 51.7 Å². The van der Waals surface area contributed by atoms with Crippen LogP contribution in [0.1, 0.15) is 15.9 Å². The molecule has 0 bridgehead atoms. The first kappa shape index (κ1) is 23.9. The number of carbonyl (C=O) groups excluding carboxylic acids is 2. The number of ether oxygens (including phenoxy) is 1. The maximum Gasteiger partial charge on any atom is 0.255 e. The van der Waals surface area contributed by atoms with Gasteiger partial charge in [-0.1, -0.05) is 12.1 Å². The van der Waals surface area contributed by atoms with Crippen molar-refractivity contribution in [3.63, 3.8) is 0 Å². The van der Waals surface area contributed by atoms with Gasteiger partial charge in [0.1, 0.15) is 18.2 Å². The molecule has 0 unspecified atom stereocenters. The van der Waals surface area contributed by atoms with Crippen LogP contribution in [0.3, 0.4) is 0 Å². The molecule has 174 valence electrons.